The summed E-state index contributed by atoms with van der Waals surface area (Å²) in [5.74, 6) is 2.45. The zero-order valence-corrected chi connectivity index (χ0v) is 20.3. The Balaban J connectivity index is 0.00000280. The summed E-state index contributed by atoms with van der Waals surface area (Å²) >= 11 is 0. The zero-order valence-electron chi connectivity index (χ0n) is 18.0. The van der Waals surface area contributed by atoms with Gasteiger partial charge in [-0.05, 0) is 32.6 Å². The van der Waals surface area contributed by atoms with Gasteiger partial charge < -0.3 is 20.0 Å². The molecular formula is C21H38IN5O. The molecule has 1 aliphatic carbocycles. The number of hydrogen-bond donors (Lipinski definition) is 2. The molecule has 2 aliphatic rings. The normalized spacial score (nSPS) is 20.2. The zero-order chi connectivity index (χ0) is 19.3. The van der Waals surface area contributed by atoms with Crippen LogP contribution in [-0.2, 0) is 12.0 Å². The molecule has 7 heteroatoms. The van der Waals surface area contributed by atoms with Gasteiger partial charge in [0.25, 0.3) is 0 Å². The molecule has 0 bridgehead atoms. The van der Waals surface area contributed by atoms with Crippen LogP contribution in [0.4, 0.5) is 0 Å². The predicted molar refractivity (Wildman–Crippen MR) is 125 cm³/mol. The number of likely N-dealkylation sites (tertiary alicyclic amines) is 1. The van der Waals surface area contributed by atoms with Crippen molar-refractivity contribution in [3.05, 3.63) is 17.8 Å². The summed E-state index contributed by atoms with van der Waals surface area (Å²) in [6, 6.07) is 1.34. The molecule has 2 fully saturated rings. The molecule has 1 aromatic rings. The fourth-order valence-electron chi connectivity index (χ4n) is 4.07. The highest BCUT2D eigenvalue weighted by Gasteiger charge is 2.27. The number of oxazole rings is 1. The van der Waals surface area contributed by atoms with E-state index in [1.165, 1.54) is 51.6 Å². The van der Waals surface area contributed by atoms with E-state index in [0.717, 1.165) is 24.3 Å². The van der Waals surface area contributed by atoms with Gasteiger partial charge in [0.05, 0.1) is 6.20 Å². The maximum Gasteiger partial charge on any atom is 0.216 e. The van der Waals surface area contributed by atoms with Gasteiger partial charge in [-0.1, -0.05) is 33.6 Å². The minimum atomic E-state index is -0.0228. The number of aliphatic imine (C=N–C) groups is 1. The summed E-state index contributed by atoms with van der Waals surface area (Å²) in [5, 5.41) is 6.98. The van der Waals surface area contributed by atoms with Crippen LogP contribution in [0.1, 0.15) is 77.9 Å². The van der Waals surface area contributed by atoms with Crippen LogP contribution in [0.3, 0.4) is 0 Å². The van der Waals surface area contributed by atoms with Crippen molar-refractivity contribution in [3.63, 3.8) is 0 Å². The Kier molecular flexibility index (Phi) is 9.05. The Labute approximate surface area is 187 Å². The second kappa shape index (κ2) is 10.8. The maximum atomic E-state index is 5.86. The lowest BCUT2D eigenvalue weighted by Crippen LogP contribution is -2.50. The Hall–Kier alpha value is -0.830. The van der Waals surface area contributed by atoms with Crippen LogP contribution in [0.25, 0.3) is 0 Å². The fourth-order valence-corrected chi connectivity index (χ4v) is 4.07. The molecule has 0 aromatic carbocycles. The minimum absolute atomic E-state index is 0. The van der Waals surface area contributed by atoms with E-state index in [-0.39, 0.29) is 29.4 Å². The number of rotatable bonds is 5. The van der Waals surface area contributed by atoms with Crippen molar-refractivity contribution >= 4 is 29.9 Å². The highest BCUT2D eigenvalue weighted by atomic mass is 127. The van der Waals surface area contributed by atoms with Crippen LogP contribution < -0.4 is 10.6 Å². The number of nitrogens with zero attached hydrogens (tertiary/aromatic N) is 3. The number of halogens is 1. The second-order valence-electron chi connectivity index (χ2n) is 8.96. The third-order valence-corrected chi connectivity index (χ3v) is 5.72. The molecule has 6 nitrogen and oxygen atoms in total. The lowest BCUT2D eigenvalue weighted by Gasteiger charge is -2.36. The molecule has 0 atom stereocenters. The summed E-state index contributed by atoms with van der Waals surface area (Å²) in [5.41, 5.74) is -0.0228. The number of guanidine groups is 1. The van der Waals surface area contributed by atoms with Gasteiger partial charge in [0.2, 0.25) is 5.89 Å². The lowest BCUT2D eigenvalue weighted by atomic mass is 9.94. The van der Waals surface area contributed by atoms with Crippen LogP contribution in [0.5, 0.6) is 0 Å². The molecule has 0 unspecified atom stereocenters. The highest BCUT2D eigenvalue weighted by Crippen LogP contribution is 2.26. The number of piperidine rings is 1. The molecule has 1 aromatic heterocycles. The first kappa shape index (κ1) is 23.4. The van der Waals surface area contributed by atoms with Crippen molar-refractivity contribution in [2.75, 3.05) is 19.6 Å². The number of nitrogens with one attached hydrogen (secondary N) is 2. The summed E-state index contributed by atoms with van der Waals surface area (Å²) in [4.78, 5) is 11.8. The van der Waals surface area contributed by atoms with Crippen LogP contribution in [-0.4, -0.2) is 47.6 Å². The van der Waals surface area contributed by atoms with Crippen molar-refractivity contribution < 1.29 is 4.42 Å². The standard InChI is InChI=1S/C21H37N5O.HI/c1-5-22-20(24-15-19-23-14-18(27-19)21(2,3)4)25-16-10-12-26(13-11-16)17-8-6-7-9-17;/h14,16-17H,5-13,15H2,1-4H3,(H2,22,24,25);1H. The van der Waals surface area contributed by atoms with E-state index >= 15 is 0 Å². The summed E-state index contributed by atoms with van der Waals surface area (Å²) < 4.78 is 5.86. The van der Waals surface area contributed by atoms with Crippen molar-refractivity contribution in [1.82, 2.24) is 20.5 Å². The Bertz CT molecular complexity index is 611. The van der Waals surface area contributed by atoms with Gasteiger partial charge in [0.1, 0.15) is 12.3 Å². The monoisotopic (exact) mass is 503 g/mol. The first-order valence-electron chi connectivity index (χ1n) is 10.7. The molecule has 0 amide bonds. The molecule has 0 radical (unpaired) electrons. The molecule has 1 saturated heterocycles. The van der Waals surface area contributed by atoms with Gasteiger partial charge in [-0.15, -0.1) is 24.0 Å². The molecule has 1 aliphatic heterocycles. The summed E-state index contributed by atoms with van der Waals surface area (Å²) in [6.07, 6.45) is 9.82. The van der Waals surface area contributed by atoms with E-state index < -0.39 is 0 Å². The highest BCUT2D eigenvalue weighted by molar-refractivity contribution is 14.0. The summed E-state index contributed by atoms with van der Waals surface area (Å²) in [6.45, 7) is 12.2. The number of hydrogen-bond acceptors (Lipinski definition) is 4. The van der Waals surface area contributed by atoms with Gasteiger partial charge in [-0.25, -0.2) is 9.98 Å². The van der Waals surface area contributed by atoms with Crippen LogP contribution in [0.15, 0.2) is 15.6 Å². The molecule has 160 valence electrons. The Morgan fingerprint density at radius 1 is 1.21 bits per heavy atom. The van der Waals surface area contributed by atoms with E-state index in [2.05, 4.69) is 48.2 Å². The number of aromatic nitrogens is 1. The van der Waals surface area contributed by atoms with Crippen molar-refractivity contribution in [1.29, 1.82) is 0 Å². The van der Waals surface area contributed by atoms with E-state index in [1.807, 2.05) is 6.20 Å². The second-order valence-corrected chi connectivity index (χ2v) is 8.96. The SMILES string of the molecule is CCNC(=NCc1ncc(C(C)(C)C)o1)NC1CCN(C2CCCC2)CC1.I. The maximum absolute atomic E-state index is 5.86. The summed E-state index contributed by atoms with van der Waals surface area (Å²) in [7, 11) is 0. The van der Waals surface area contributed by atoms with Crippen molar-refractivity contribution in [2.24, 2.45) is 4.99 Å². The third kappa shape index (κ3) is 6.61. The first-order valence-corrected chi connectivity index (χ1v) is 10.7. The molecule has 2 heterocycles. The van der Waals surface area contributed by atoms with Crippen molar-refractivity contribution in [2.45, 2.75) is 90.3 Å². The molecule has 0 spiro atoms. The average molecular weight is 503 g/mol. The topological polar surface area (TPSA) is 65.7 Å². The Morgan fingerprint density at radius 3 is 2.46 bits per heavy atom. The van der Waals surface area contributed by atoms with Crippen molar-refractivity contribution in [3.8, 4) is 0 Å². The largest absolute Gasteiger partial charge is 0.443 e. The average Bonchev–Trinajstić information content (AvgIpc) is 3.32. The van der Waals surface area contributed by atoms with Crippen LogP contribution in [0, 0.1) is 0 Å². The predicted octanol–water partition coefficient (Wildman–Crippen LogP) is 4.05. The van der Waals surface area contributed by atoms with Gasteiger partial charge in [0, 0.05) is 37.1 Å². The van der Waals surface area contributed by atoms with E-state index in [9.17, 15) is 0 Å². The molecular weight excluding hydrogens is 465 g/mol. The molecule has 2 N–H and O–H groups in total. The smallest absolute Gasteiger partial charge is 0.216 e. The lowest BCUT2D eigenvalue weighted by molar-refractivity contribution is 0.150. The van der Waals surface area contributed by atoms with Crippen LogP contribution in [0.2, 0.25) is 0 Å². The van der Waals surface area contributed by atoms with Gasteiger partial charge in [0.15, 0.2) is 5.96 Å². The fraction of sp³-hybridized carbons (Fsp3) is 0.810. The quantitative estimate of drug-likeness (QED) is 0.361. The van der Waals surface area contributed by atoms with Gasteiger partial charge in [-0.3, -0.25) is 0 Å². The van der Waals surface area contributed by atoms with E-state index in [1.54, 1.807) is 0 Å². The van der Waals surface area contributed by atoms with Gasteiger partial charge >= 0.3 is 0 Å². The van der Waals surface area contributed by atoms with E-state index in [0.29, 0.717) is 18.5 Å². The van der Waals surface area contributed by atoms with Gasteiger partial charge in [-0.2, -0.15) is 0 Å². The third-order valence-electron chi connectivity index (χ3n) is 5.72. The molecule has 3 rings (SSSR count). The molecule has 1 saturated carbocycles. The molecule has 28 heavy (non-hydrogen) atoms. The van der Waals surface area contributed by atoms with Crippen LogP contribution >= 0.6 is 24.0 Å². The first-order chi connectivity index (χ1) is 13.0. The Morgan fingerprint density at radius 2 is 1.89 bits per heavy atom. The minimum Gasteiger partial charge on any atom is -0.443 e. The van der Waals surface area contributed by atoms with E-state index in [4.69, 9.17) is 9.41 Å².